The molecule has 2 rings (SSSR count). The van der Waals surface area contributed by atoms with E-state index in [2.05, 4.69) is 11.8 Å². The first-order chi connectivity index (χ1) is 14.5. The third-order valence-corrected chi connectivity index (χ3v) is 4.93. The minimum Gasteiger partial charge on any atom is -0.450 e. The number of hydrogen-bond acceptors (Lipinski definition) is 4. The van der Waals surface area contributed by atoms with Gasteiger partial charge in [0, 0.05) is 12.8 Å². The first kappa shape index (κ1) is 16.4. The zero-order chi connectivity index (χ0) is 23.1. The Balaban J connectivity index is 0.00000512. The standard InChI is InChI=1S/C22H31NO3.ClH/c1-3-23(4-2)17-11-12-18-26-21(24)22(25,19-13-7-5-8-14-19)20-15-9-6-10-16-20;/h5,7-8,13-14,20,25H,3-4,6,9-10,15-18H2,1-2H3;1H/t22-;/m0./s1/i1D3,3D2;. The molecular formula is C22H32ClNO3. The minimum absolute atomic E-state index is 0. The molecule has 1 aliphatic rings. The summed E-state index contributed by atoms with van der Waals surface area (Å²) in [5.74, 6) is 4.33. The number of nitrogens with zero attached hydrogens (tertiary/aromatic N) is 1. The average molecular weight is 399 g/mol. The van der Waals surface area contributed by atoms with Crippen LogP contribution in [0.15, 0.2) is 30.3 Å². The van der Waals surface area contributed by atoms with E-state index in [-0.39, 0.29) is 38.0 Å². The van der Waals surface area contributed by atoms with Gasteiger partial charge in [-0.2, -0.15) is 0 Å². The summed E-state index contributed by atoms with van der Waals surface area (Å²) in [6.07, 6.45) is 4.46. The van der Waals surface area contributed by atoms with Crippen LogP contribution in [0.2, 0.25) is 0 Å². The van der Waals surface area contributed by atoms with Gasteiger partial charge in [-0.3, -0.25) is 4.90 Å². The molecule has 1 aromatic rings. The Bertz CT molecular complexity index is 788. The predicted molar refractivity (Wildman–Crippen MR) is 111 cm³/mol. The van der Waals surface area contributed by atoms with Crippen LogP contribution in [0.25, 0.3) is 0 Å². The van der Waals surface area contributed by atoms with Crippen LogP contribution in [-0.4, -0.2) is 42.2 Å². The first-order valence-corrected chi connectivity index (χ1v) is 9.21. The Labute approximate surface area is 176 Å². The summed E-state index contributed by atoms with van der Waals surface area (Å²) in [6.45, 7) is -3.89. The van der Waals surface area contributed by atoms with Crippen LogP contribution < -0.4 is 0 Å². The minimum atomic E-state index is -2.80. The van der Waals surface area contributed by atoms with Crippen LogP contribution in [0, 0.1) is 17.8 Å². The van der Waals surface area contributed by atoms with Gasteiger partial charge in [-0.15, -0.1) is 12.4 Å². The Hall–Kier alpha value is -1.54. The number of esters is 1. The fourth-order valence-electron chi connectivity index (χ4n) is 3.38. The van der Waals surface area contributed by atoms with Crippen molar-refractivity contribution in [2.24, 2.45) is 5.92 Å². The lowest BCUT2D eigenvalue weighted by Crippen LogP contribution is -2.45. The largest absolute Gasteiger partial charge is 0.450 e. The summed E-state index contributed by atoms with van der Waals surface area (Å²) in [5.41, 5.74) is -1.24. The summed E-state index contributed by atoms with van der Waals surface area (Å²) < 4.78 is 43.0. The van der Waals surface area contributed by atoms with Crippen molar-refractivity contribution in [1.29, 1.82) is 0 Å². The van der Waals surface area contributed by atoms with E-state index in [0.717, 1.165) is 37.0 Å². The van der Waals surface area contributed by atoms with Crippen LogP contribution in [0.3, 0.4) is 0 Å². The third-order valence-electron chi connectivity index (χ3n) is 4.93. The van der Waals surface area contributed by atoms with Crippen molar-refractivity contribution in [1.82, 2.24) is 4.90 Å². The van der Waals surface area contributed by atoms with Gasteiger partial charge in [-0.25, -0.2) is 4.79 Å². The second kappa shape index (κ2) is 12.0. The Morgan fingerprint density at radius 1 is 1.33 bits per heavy atom. The quantitative estimate of drug-likeness (QED) is 0.561. The Morgan fingerprint density at radius 2 is 2.04 bits per heavy atom. The van der Waals surface area contributed by atoms with Crippen LogP contribution in [0.5, 0.6) is 0 Å². The van der Waals surface area contributed by atoms with Gasteiger partial charge in [-0.1, -0.05) is 75.2 Å². The first-order valence-electron chi connectivity index (χ1n) is 11.7. The van der Waals surface area contributed by atoms with Crippen molar-refractivity contribution >= 4 is 18.4 Å². The average Bonchev–Trinajstić information content (AvgIpc) is 2.75. The number of rotatable bonds is 7. The molecule has 0 bridgehead atoms. The van der Waals surface area contributed by atoms with Crippen molar-refractivity contribution in [2.45, 2.75) is 51.5 Å². The number of ether oxygens (including phenoxy) is 1. The smallest absolute Gasteiger partial charge is 0.344 e. The van der Waals surface area contributed by atoms with Gasteiger partial charge in [0.1, 0.15) is 0 Å². The Morgan fingerprint density at radius 3 is 2.67 bits per heavy atom. The zero-order valence-electron chi connectivity index (χ0n) is 20.7. The molecule has 5 heteroatoms. The molecule has 0 spiro atoms. The lowest BCUT2D eigenvalue weighted by atomic mass is 9.73. The molecule has 150 valence electrons. The highest BCUT2D eigenvalue weighted by Crippen LogP contribution is 2.40. The highest BCUT2D eigenvalue weighted by molar-refractivity contribution is 5.85. The molecule has 1 atom stereocenters. The number of benzene rings is 1. The molecule has 1 N–H and O–H groups in total. The molecule has 1 saturated carbocycles. The second-order valence-electron chi connectivity index (χ2n) is 6.52. The van der Waals surface area contributed by atoms with E-state index in [1.807, 2.05) is 6.07 Å². The summed E-state index contributed by atoms with van der Waals surface area (Å²) in [7, 11) is 0. The van der Waals surface area contributed by atoms with Gasteiger partial charge < -0.3 is 9.84 Å². The lowest BCUT2D eigenvalue weighted by molar-refractivity contribution is -0.174. The fourth-order valence-corrected chi connectivity index (χ4v) is 3.38. The highest BCUT2D eigenvalue weighted by Gasteiger charge is 2.46. The molecule has 27 heavy (non-hydrogen) atoms. The molecule has 0 aromatic heterocycles. The number of hydrogen-bond donors (Lipinski definition) is 1. The molecular weight excluding hydrogens is 362 g/mol. The normalized spacial score (nSPS) is 20.3. The maximum atomic E-state index is 12.9. The summed E-state index contributed by atoms with van der Waals surface area (Å²) in [4.78, 5) is 14.0. The molecule has 0 amide bonds. The molecule has 1 aliphatic carbocycles. The summed E-state index contributed by atoms with van der Waals surface area (Å²) in [6, 6.07) is 8.80. The molecule has 0 unspecified atom stereocenters. The van der Waals surface area contributed by atoms with Gasteiger partial charge >= 0.3 is 5.97 Å². The monoisotopic (exact) mass is 398 g/mol. The summed E-state index contributed by atoms with van der Waals surface area (Å²) in [5, 5.41) is 11.4. The van der Waals surface area contributed by atoms with Crippen LogP contribution in [0.1, 0.15) is 58.3 Å². The van der Waals surface area contributed by atoms with E-state index in [1.54, 1.807) is 31.2 Å². The van der Waals surface area contributed by atoms with E-state index >= 15 is 0 Å². The second-order valence-corrected chi connectivity index (χ2v) is 6.52. The van der Waals surface area contributed by atoms with Crippen LogP contribution >= 0.6 is 12.4 Å². The van der Waals surface area contributed by atoms with E-state index in [1.165, 1.54) is 0 Å². The van der Waals surface area contributed by atoms with Crippen molar-refractivity contribution in [3.05, 3.63) is 35.9 Å². The van der Waals surface area contributed by atoms with Gasteiger partial charge in [0.2, 0.25) is 0 Å². The molecule has 0 radical (unpaired) electrons. The van der Waals surface area contributed by atoms with E-state index in [0.29, 0.717) is 5.56 Å². The maximum Gasteiger partial charge on any atom is 0.344 e. The molecule has 4 nitrogen and oxygen atoms in total. The topological polar surface area (TPSA) is 49.8 Å². The molecule has 0 heterocycles. The Kier molecular flexibility index (Phi) is 7.31. The molecule has 1 aromatic carbocycles. The number of halogens is 1. The number of carbonyl (C=O) groups is 1. The molecule has 0 saturated heterocycles. The van der Waals surface area contributed by atoms with E-state index < -0.39 is 24.9 Å². The van der Waals surface area contributed by atoms with Crippen molar-refractivity contribution in [2.75, 3.05) is 26.2 Å². The lowest BCUT2D eigenvalue weighted by Gasteiger charge is -2.36. The van der Waals surface area contributed by atoms with Gasteiger partial charge in [-0.05, 0) is 31.4 Å². The van der Waals surface area contributed by atoms with Gasteiger partial charge in [0.15, 0.2) is 12.2 Å². The number of carbonyl (C=O) groups excluding carboxylic acids is 1. The van der Waals surface area contributed by atoms with Crippen molar-refractivity contribution < 1.29 is 21.5 Å². The van der Waals surface area contributed by atoms with Gasteiger partial charge in [0.05, 0.1) is 6.54 Å². The van der Waals surface area contributed by atoms with E-state index in [4.69, 9.17) is 11.6 Å². The van der Waals surface area contributed by atoms with Crippen molar-refractivity contribution in [3.63, 3.8) is 0 Å². The molecule has 0 aliphatic heterocycles. The van der Waals surface area contributed by atoms with Crippen molar-refractivity contribution in [3.8, 4) is 11.8 Å². The van der Waals surface area contributed by atoms with Crippen LogP contribution in [0.4, 0.5) is 0 Å². The third kappa shape index (κ3) is 6.24. The SMILES string of the molecule is Cl.[2H]C([2H])([2H])C([2H])([2H])N(CC)CC#CCOC(=O)[C@](O)(c1ccccc1)C1CCCCC1. The van der Waals surface area contributed by atoms with E-state index in [9.17, 15) is 9.90 Å². The zero-order valence-corrected chi connectivity index (χ0v) is 16.6. The molecule has 1 fully saturated rings. The van der Waals surface area contributed by atoms with Gasteiger partial charge in [0.25, 0.3) is 0 Å². The highest BCUT2D eigenvalue weighted by atomic mass is 35.5. The summed E-state index contributed by atoms with van der Waals surface area (Å²) >= 11 is 0. The predicted octanol–water partition coefficient (Wildman–Crippen LogP) is 3.76. The maximum absolute atomic E-state index is 12.9. The van der Waals surface area contributed by atoms with Crippen LogP contribution in [-0.2, 0) is 15.1 Å². The number of aliphatic hydroxyl groups is 1. The fraction of sp³-hybridized carbons (Fsp3) is 0.591.